The molecule has 186 valence electrons. The number of fused-ring (bicyclic) bond motifs is 1. The van der Waals surface area contributed by atoms with Crippen molar-refractivity contribution in [1.82, 2.24) is 10.4 Å². The molecule has 3 N–H and O–H groups in total. The van der Waals surface area contributed by atoms with Gasteiger partial charge in [0.1, 0.15) is 0 Å². The summed E-state index contributed by atoms with van der Waals surface area (Å²) >= 11 is 5.43. The van der Waals surface area contributed by atoms with Crippen molar-refractivity contribution < 1.29 is 14.2 Å². The molecule has 0 unspecified atom stereocenters. The van der Waals surface area contributed by atoms with Crippen molar-refractivity contribution in [2.24, 2.45) is 5.10 Å². The number of ether oxygens (including phenoxy) is 3. The number of para-hydroxylation sites is 1. The van der Waals surface area contributed by atoms with Crippen LogP contribution in [0.15, 0.2) is 65.8 Å². The van der Waals surface area contributed by atoms with E-state index in [0.29, 0.717) is 22.4 Å². The monoisotopic (exact) mass is 503 g/mol. The fraction of sp³-hybridized carbons (Fsp3) is 0.185. The number of methoxy groups -OCH3 is 3. The Labute approximate surface area is 215 Å². The van der Waals surface area contributed by atoms with Gasteiger partial charge in [-0.15, -0.1) is 0 Å². The summed E-state index contributed by atoms with van der Waals surface area (Å²) in [5.74, 6) is 1.67. The largest absolute Gasteiger partial charge is 0.493 e. The third kappa shape index (κ3) is 5.21. The van der Waals surface area contributed by atoms with E-state index in [0.717, 1.165) is 39.1 Å². The minimum Gasteiger partial charge on any atom is -0.493 e. The number of rotatable bonds is 8. The van der Waals surface area contributed by atoms with Gasteiger partial charge in [0, 0.05) is 47.5 Å². The van der Waals surface area contributed by atoms with Gasteiger partial charge in [-0.3, -0.25) is 5.43 Å². The molecule has 3 aromatic carbocycles. The van der Waals surface area contributed by atoms with Gasteiger partial charge in [0.2, 0.25) is 5.75 Å². The minimum atomic E-state index is 0.387. The second kappa shape index (κ2) is 11.0. The maximum atomic E-state index is 5.55. The number of nitrogens with one attached hydrogen (secondary N) is 3. The summed E-state index contributed by atoms with van der Waals surface area (Å²) < 4.78 is 16.6. The van der Waals surface area contributed by atoms with Crippen molar-refractivity contribution in [2.75, 3.05) is 45.6 Å². The number of aromatic amines is 1. The number of benzene rings is 3. The van der Waals surface area contributed by atoms with Gasteiger partial charge in [0.25, 0.3) is 0 Å². The Morgan fingerprint density at radius 1 is 0.944 bits per heavy atom. The molecule has 1 heterocycles. The molecule has 0 bridgehead atoms. The second-order valence-electron chi connectivity index (χ2n) is 8.14. The molecule has 0 saturated heterocycles. The summed E-state index contributed by atoms with van der Waals surface area (Å²) in [4.78, 5) is 5.53. The van der Waals surface area contributed by atoms with Crippen molar-refractivity contribution in [3.8, 4) is 28.5 Å². The lowest BCUT2D eigenvalue weighted by Crippen LogP contribution is -2.23. The molecule has 36 heavy (non-hydrogen) atoms. The Morgan fingerprint density at radius 3 is 2.22 bits per heavy atom. The van der Waals surface area contributed by atoms with Crippen molar-refractivity contribution in [1.29, 1.82) is 0 Å². The molecule has 0 radical (unpaired) electrons. The Balaban J connectivity index is 1.62. The maximum Gasteiger partial charge on any atom is 0.203 e. The van der Waals surface area contributed by atoms with E-state index < -0.39 is 0 Å². The Morgan fingerprint density at radius 2 is 1.61 bits per heavy atom. The maximum absolute atomic E-state index is 5.55. The minimum absolute atomic E-state index is 0.387. The summed E-state index contributed by atoms with van der Waals surface area (Å²) in [6.07, 6.45) is 1.75. The molecule has 0 amide bonds. The molecule has 0 aliphatic heterocycles. The van der Waals surface area contributed by atoms with Gasteiger partial charge in [0.15, 0.2) is 16.6 Å². The molecule has 0 aliphatic rings. The lowest BCUT2D eigenvalue weighted by Gasteiger charge is -2.14. The molecule has 0 atom stereocenters. The van der Waals surface area contributed by atoms with Crippen LogP contribution in [0, 0.1) is 0 Å². The summed E-state index contributed by atoms with van der Waals surface area (Å²) in [5.41, 5.74) is 8.49. The highest BCUT2D eigenvalue weighted by molar-refractivity contribution is 7.80. The predicted molar refractivity (Wildman–Crippen MR) is 151 cm³/mol. The first-order valence-corrected chi connectivity index (χ1v) is 11.6. The Kier molecular flexibility index (Phi) is 7.60. The lowest BCUT2D eigenvalue weighted by molar-refractivity contribution is 0.324. The number of hydrazone groups is 1. The number of hydrogen-bond donors (Lipinski definition) is 3. The van der Waals surface area contributed by atoms with Crippen LogP contribution in [0.5, 0.6) is 17.2 Å². The van der Waals surface area contributed by atoms with E-state index in [2.05, 4.69) is 20.8 Å². The molecule has 9 heteroatoms. The van der Waals surface area contributed by atoms with Crippen LogP contribution in [0.4, 0.5) is 11.4 Å². The van der Waals surface area contributed by atoms with Crippen LogP contribution < -0.4 is 29.9 Å². The predicted octanol–water partition coefficient (Wildman–Crippen LogP) is 5.25. The highest BCUT2D eigenvalue weighted by atomic mass is 32.1. The van der Waals surface area contributed by atoms with Crippen molar-refractivity contribution in [2.45, 2.75) is 0 Å². The van der Waals surface area contributed by atoms with E-state index in [1.807, 2.05) is 79.7 Å². The molecule has 1 aromatic heterocycles. The molecule has 8 nitrogen and oxygen atoms in total. The van der Waals surface area contributed by atoms with E-state index in [1.165, 1.54) is 0 Å². The molecule has 0 saturated carbocycles. The zero-order valence-electron chi connectivity index (χ0n) is 20.9. The number of anilines is 2. The standard InChI is InChI=1S/C27H29N5O3S/c1-32(2)19-12-10-18(11-13-19)29-27(36)31-28-16-21-20-8-6-7-9-22(20)30-25(21)17-14-23(33-3)26(35-5)24(15-17)34-4/h6-16,30H,1-5H3,(H2,29,31,36)/b28-16+. The first kappa shape index (κ1) is 24.9. The summed E-state index contributed by atoms with van der Waals surface area (Å²) in [5, 5.41) is 8.97. The van der Waals surface area contributed by atoms with Crippen LogP contribution >= 0.6 is 12.2 Å². The van der Waals surface area contributed by atoms with Crippen LogP contribution in [-0.2, 0) is 0 Å². The number of H-pyrrole nitrogens is 1. The molecule has 0 spiro atoms. The van der Waals surface area contributed by atoms with Crippen LogP contribution in [0.2, 0.25) is 0 Å². The summed E-state index contributed by atoms with van der Waals surface area (Å²) in [7, 11) is 8.78. The zero-order valence-corrected chi connectivity index (χ0v) is 21.7. The number of aromatic nitrogens is 1. The van der Waals surface area contributed by atoms with Crippen LogP contribution in [0.1, 0.15) is 5.56 Å². The van der Waals surface area contributed by atoms with Gasteiger partial charge >= 0.3 is 0 Å². The van der Waals surface area contributed by atoms with E-state index in [9.17, 15) is 0 Å². The van der Waals surface area contributed by atoms with E-state index in [-0.39, 0.29) is 0 Å². The van der Waals surface area contributed by atoms with Gasteiger partial charge in [0.05, 0.1) is 33.2 Å². The number of thiocarbonyl (C=S) groups is 1. The molecule has 4 rings (SSSR count). The topological polar surface area (TPSA) is 83.1 Å². The van der Waals surface area contributed by atoms with Crippen molar-refractivity contribution >= 4 is 45.8 Å². The third-order valence-electron chi connectivity index (χ3n) is 5.70. The fourth-order valence-corrected chi connectivity index (χ4v) is 4.08. The fourth-order valence-electron chi connectivity index (χ4n) is 3.91. The van der Waals surface area contributed by atoms with Gasteiger partial charge in [-0.1, -0.05) is 18.2 Å². The van der Waals surface area contributed by atoms with E-state index >= 15 is 0 Å². The Hall–Kier alpha value is -4.24. The van der Waals surface area contributed by atoms with E-state index in [1.54, 1.807) is 27.5 Å². The van der Waals surface area contributed by atoms with Crippen LogP contribution in [0.25, 0.3) is 22.2 Å². The molecular weight excluding hydrogens is 474 g/mol. The second-order valence-corrected chi connectivity index (χ2v) is 8.55. The summed E-state index contributed by atoms with van der Waals surface area (Å²) in [6.45, 7) is 0. The summed E-state index contributed by atoms with van der Waals surface area (Å²) in [6, 6.07) is 19.8. The van der Waals surface area contributed by atoms with Crippen LogP contribution in [-0.4, -0.2) is 51.7 Å². The quantitative estimate of drug-likeness (QED) is 0.172. The lowest BCUT2D eigenvalue weighted by atomic mass is 10.0. The molecular formula is C27H29N5O3S. The highest BCUT2D eigenvalue weighted by Gasteiger charge is 2.18. The van der Waals surface area contributed by atoms with Gasteiger partial charge in [-0.25, -0.2) is 0 Å². The molecule has 0 aliphatic carbocycles. The van der Waals surface area contributed by atoms with Gasteiger partial charge < -0.3 is 29.4 Å². The van der Waals surface area contributed by atoms with Gasteiger partial charge in [-0.2, -0.15) is 5.10 Å². The smallest absolute Gasteiger partial charge is 0.203 e. The molecule has 4 aromatic rings. The number of hydrogen-bond acceptors (Lipinski definition) is 6. The average Bonchev–Trinajstić information content (AvgIpc) is 3.26. The zero-order chi connectivity index (χ0) is 25.7. The van der Waals surface area contributed by atoms with Crippen molar-refractivity contribution in [3.63, 3.8) is 0 Å². The van der Waals surface area contributed by atoms with Crippen molar-refractivity contribution in [3.05, 3.63) is 66.2 Å². The number of nitrogens with zero attached hydrogens (tertiary/aromatic N) is 2. The SMILES string of the molecule is COc1cc(-c2[nH]c3ccccc3c2/C=N/NC(=S)Nc2ccc(N(C)C)cc2)cc(OC)c1OC. The first-order chi connectivity index (χ1) is 17.4. The normalized spacial score (nSPS) is 10.9. The van der Waals surface area contributed by atoms with Crippen LogP contribution in [0.3, 0.4) is 0 Å². The molecule has 0 fully saturated rings. The highest BCUT2D eigenvalue weighted by Crippen LogP contribution is 2.42. The third-order valence-corrected chi connectivity index (χ3v) is 5.89. The van der Waals surface area contributed by atoms with E-state index in [4.69, 9.17) is 26.4 Å². The Bertz CT molecular complexity index is 1370. The first-order valence-electron chi connectivity index (χ1n) is 11.2. The van der Waals surface area contributed by atoms with Gasteiger partial charge in [-0.05, 0) is 54.7 Å². The average molecular weight is 504 g/mol.